The molecule has 4 nitrogen and oxygen atoms in total. The van der Waals surface area contributed by atoms with E-state index in [1.165, 1.54) is 0 Å². The minimum atomic E-state index is -0.633. The zero-order chi connectivity index (χ0) is 23.1. The Morgan fingerprint density at radius 1 is 0.400 bits per heavy atom. The van der Waals surface area contributed by atoms with Crippen LogP contribution < -0.4 is 0 Å². The smallest absolute Gasteiger partial charge is 0.123 e. The fraction of sp³-hybridized carbons (Fsp3) is 0.538. The third-order valence-corrected chi connectivity index (χ3v) is 3.89. The summed E-state index contributed by atoms with van der Waals surface area (Å²) in [5.41, 5.74) is -0.0341. The lowest BCUT2D eigenvalue weighted by Gasteiger charge is -2.35. The molecule has 0 aliphatic carbocycles. The molecule has 0 bridgehead atoms. The summed E-state index contributed by atoms with van der Waals surface area (Å²) < 4.78 is 0. The van der Waals surface area contributed by atoms with Crippen LogP contribution in [0, 0.1) is 0 Å². The third-order valence-electron chi connectivity index (χ3n) is 3.89. The summed E-state index contributed by atoms with van der Waals surface area (Å²) in [6, 6.07) is 20.0. The van der Waals surface area contributed by atoms with Gasteiger partial charge in [-0.05, 0) is 80.4 Å². The highest BCUT2D eigenvalue weighted by molar-refractivity contribution is 5.35. The van der Waals surface area contributed by atoms with Gasteiger partial charge in [0.05, 0.1) is 11.2 Å². The van der Waals surface area contributed by atoms with E-state index >= 15 is 0 Å². The molecule has 0 saturated heterocycles. The fourth-order valence-corrected chi connectivity index (χ4v) is 2.47. The van der Waals surface area contributed by atoms with Crippen molar-refractivity contribution < 1.29 is 19.6 Å². The van der Waals surface area contributed by atoms with Gasteiger partial charge in [0.15, 0.2) is 0 Å². The van der Waals surface area contributed by atoms with Crippen molar-refractivity contribution in [3.63, 3.8) is 0 Å². The molecule has 0 atom stereocenters. The summed E-state index contributed by atoms with van der Waals surface area (Å²) in [4.78, 5) is 22.6. The van der Waals surface area contributed by atoms with E-state index in [1.54, 1.807) is 0 Å². The van der Waals surface area contributed by atoms with Crippen LogP contribution in [0.1, 0.15) is 80.4 Å². The molecule has 0 aliphatic heterocycles. The van der Waals surface area contributed by atoms with Crippen LogP contribution in [-0.4, -0.2) is 11.2 Å². The standard InChI is InChI=1S/C20H34O4.C6H6/c1-17(2,3)21-23-19(7,8)15-13-11-12-14-16(15)20(9,10)24-22-18(4,5)6;1-2-4-6-5-3-1/h11-14H,1-10H3;1-6H. The van der Waals surface area contributed by atoms with E-state index in [-0.39, 0.29) is 11.2 Å². The summed E-state index contributed by atoms with van der Waals surface area (Å²) in [7, 11) is 0. The predicted molar refractivity (Wildman–Crippen MR) is 123 cm³/mol. The molecule has 168 valence electrons. The van der Waals surface area contributed by atoms with Crippen LogP contribution in [0.3, 0.4) is 0 Å². The van der Waals surface area contributed by atoms with Gasteiger partial charge in [-0.3, -0.25) is 0 Å². The lowest BCUT2D eigenvalue weighted by Crippen LogP contribution is -2.34. The molecule has 0 aliphatic rings. The van der Waals surface area contributed by atoms with E-state index in [0.29, 0.717) is 0 Å². The first kappa shape index (κ1) is 26.3. The zero-order valence-electron chi connectivity index (χ0n) is 20.4. The molecule has 0 N–H and O–H groups in total. The summed E-state index contributed by atoms with van der Waals surface area (Å²) in [5.74, 6) is 0. The van der Waals surface area contributed by atoms with Crippen LogP contribution in [0.5, 0.6) is 0 Å². The Labute approximate surface area is 183 Å². The van der Waals surface area contributed by atoms with Gasteiger partial charge in [0.2, 0.25) is 0 Å². The molecule has 4 heteroatoms. The summed E-state index contributed by atoms with van der Waals surface area (Å²) in [6.45, 7) is 19.7. The lowest BCUT2D eigenvalue weighted by molar-refractivity contribution is -0.407. The van der Waals surface area contributed by atoms with Gasteiger partial charge < -0.3 is 0 Å². The molecule has 0 radical (unpaired) electrons. The molecule has 0 fully saturated rings. The third kappa shape index (κ3) is 9.86. The Hall–Kier alpha value is -1.72. The molecule has 0 aromatic heterocycles. The quantitative estimate of drug-likeness (QED) is 0.365. The maximum atomic E-state index is 5.76. The SMILES string of the molecule is CC(C)(C)OOC(C)(C)c1ccccc1C(C)(C)OOC(C)(C)C.c1ccccc1. The van der Waals surface area contributed by atoms with Crippen molar-refractivity contribution >= 4 is 0 Å². The fourth-order valence-electron chi connectivity index (χ4n) is 2.47. The Kier molecular flexibility index (Phi) is 9.25. The first-order valence-electron chi connectivity index (χ1n) is 10.5. The summed E-state index contributed by atoms with van der Waals surface area (Å²) >= 11 is 0. The highest BCUT2D eigenvalue weighted by atomic mass is 17.2. The first-order valence-corrected chi connectivity index (χ1v) is 10.5. The van der Waals surface area contributed by atoms with Crippen molar-refractivity contribution in [3.8, 4) is 0 Å². The molecule has 2 aromatic rings. The number of hydrogen-bond donors (Lipinski definition) is 0. The Balaban J connectivity index is 0.000000637. The largest absolute Gasteiger partial charge is 0.230 e. The van der Waals surface area contributed by atoms with Gasteiger partial charge in [0.25, 0.3) is 0 Å². The molecule has 2 rings (SSSR count). The number of benzene rings is 2. The second kappa shape index (κ2) is 10.5. The number of hydrogen-bond acceptors (Lipinski definition) is 4. The first-order chi connectivity index (χ1) is 13.6. The van der Waals surface area contributed by atoms with Crippen LogP contribution in [0.15, 0.2) is 60.7 Å². The van der Waals surface area contributed by atoms with Gasteiger partial charge in [-0.25, -0.2) is 19.6 Å². The van der Waals surface area contributed by atoms with Gasteiger partial charge in [-0.1, -0.05) is 60.7 Å². The van der Waals surface area contributed by atoms with Gasteiger partial charge >= 0.3 is 0 Å². The lowest BCUT2D eigenvalue weighted by atomic mass is 9.85. The monoisotopic (exact) mass is 416 g/mol. The zero-order valence-corrected chi connectivity index (χ0v) is 20.4. The van der Waals surface area contributed by atoms with Crippen LogP contribution in [0.4, 0.5) is 0 Å². The minimum absolute atomic E-state index is 0.381. The second-order valence-corrected chi connectivity index (χ2v) is 10.3. The molecule has 30 heavy (non-hydrogen) atoms. The Morgan fingerprint density at radius 2 is 0.667 bits per heavy atom. The topological polar surface area (TPSA) is 36.9 Å². The molecule has 0 amide bonds. The highest BCUT2D eigenvalue weighted by Crippen LogP contribution is 2.37. The maximum Gasteiger partial charge on any atom is 0.123 e. The summed E-state index contributed by atoms with van der Waals surface area (Å²) in [6.07, 6.45) is 0. The number of rotatable bonds is 6. The molecular formula is C26H40O4. The van der Waals surface area contributed by atoms with E-state index in [0.717, 1.165) is 11.1 Å². The van der Waals surface area contributed by atoms with Gasteiger partial charge in [-0.15, -0.1) is 0 Å². The van der Waals surface area contributed by atoms with Gasteiger partial charge in [0, 0.05) is 0 Å². The van der Waals surface area contributed by atoms with Crippen molar-refractivity contribution in [1.82, 2.24) is 0 Å². The molecule has 0 saturated carbocycles. The van der Waals surface area contributed by atoms with Crippen molar-refractivity contribution in [2.45, 2.75) is 91.6 Å². The van der Waals surface area contributed by atoms with Crippen molar-refractivity contribution in [1.29, 1.82) is 0 Å². The van der Waals surface area contributed by atoms with Crippen LogP contribution >= 0.6 is 0 Å². The van der Waals surface area contributed by atoms with Gasteiger partial charge in [0.1, 0.15) is 11.2 Å². The maximum absolute atomic E-state index is 5.76. The van der Waals surface area contributed by atoms with Crippen molar-refractivity contribution in [2.24, 2.45) is 0 Å². The normalized spacial score (nSPS) is 12.9. The predicted octanol–water partition coefficient (Wildman–Crippen LogP) is 7.34. The molecular weight excluding hydrogens is 376 g/mol. The van der Waals surface area contributed by atoms with E-state index in [9.17, 15) is 0 Å². The summed E-state index contributed by atoms with van der Waals surface area (Å²) in [5, 5.41) is 0. The van der Waals surface area contributed by atoms with Crippen LogP contribution in [0.25, 0.3) is 0 Å². The average molecular weight is 417 g/mol. The molecule has 0 spiro atoms. The van der Waals surface area contributed by atoms with E-state index in [1.807, 2.05) is 130 Å². The van der Waals surface area contributed by atoms with Crippen molar-refractivity contribution in [3.05, 3.63) is 71.8 Å². The molecule has 2 aromatic carbocycles. The van der Waals surface area contributed by atoms with Crippen molar-refractivity contribution in [2.75, 3.05) is 0 Å². The Morgan fingerprint density at radius 3 is 0.900 bits per heavy atom. The van der Waals surface area contributed by atoms with E-state index in [4.69, 9.17) is 19.6 Å². The Bertz CT molecular complexity index is 662. The van der Waals surface area contributed by atoms with E-state index in [2.05, 4.69) is 0 Å². The highest BCUT2D eigenvalue weighted by Gasteiger charge is 2.35. The van der Waals surface area contributed by atoms with Crippen LogP contribution in [0.2, 0.25) is 0 Å². The molecule has 0 heterocycles. The van der Waals surface area contributed by atoms with E-state index < -0.39 is 11.2 Å². The van der Waals surface area contributed by atoms with Crippen LogP contribution in [-0.2, 0) is 30.8 Å². The van der Waals surface area contributed by atoms with Gasteiger partial charge in [-0.2, -0.15) is 0 Å². The molecule has 0 unspecified atom stereocenters. The second-order valence-electron chi connectivity index (χ2n) is 10.3. The average Bonchev–Trinajstić information content (AvgIpc) is 2.66. The minimum Gasteiger partial charge on any atom is -0.230 e.